The fraction of sp³-hybridized carbons (Fsp3) is 0.513. The molecule has 0 radical (unpaired) electrons. The van der Waals surface area contributed by atoms with Crippen molar-refractivity contribution in [2.24, 2.45) is 70.5 Å². The van der Waals surface area contributed by atoms with E-state index in [0.29, 0.717) is 49.9 Å². The zero-order chi connectivity index (χ0) is 71.8. The van der Waals surface area contributed by atoms with Crippen molar-refractivity contribution < 1.29 is 67.9 Å². The second kappa shape index (κ2) is 47.9. The number of amides is 2. The number of nitrogens with one attached hydrogen (secondary N) is 2. The second-order valence-corrected chi connectivity index (χ2v) is 26.5. The summed E-state index contributed by atoms with van der Waals surface area (Å²) in [6, 6.07) is 44.3. The Bertz CT molecular complexity index is 2990. The van der Waals surface area contributed by atoms with E-state index in [1.165, 1.54) is 21.3 Å². The highest BCUT2D eigenvalue weighted by Crippen LogP contribution is 2.35. The molecule has 5 aromatic carbocycles. The van der Waals surface area contributed by atoms with Crippen molar-refractivity contribution in [3.8, 4) is 0 Å². The van der Waals surface area contributed by atoms with Crippen LogP contribution in [0.2, 0.25) is 0 Å². The van der Waals surface area contributed by atoms with Crippen molar-refractivity contribution in [2.45, 2.75) is 181 Å². The molecule has 8 rings (SSSR count). The van der Waals surface area contributed by atoms with Crippen LogP contribution in [0.5, 0.6) is 0 Å². The van der Waals surface area contributed by atoms with Gasteiger partial charge in [-0.15, -0.1) is 12.4 Å². The molecule has 3 fully saturated rings. The number of benzene rings is 5. The maximum Gasteiger partial charge on any atom is 0.328 e. The van der Waals surface area contributed by atoms with Crippen molar-refractivity contribution in [2.75, 3.05) is 21.3 Å². The number of carboxylic acids is 3. The SMILES string of the molecule is CC(C)C1CCC(C(=O)N[C@H](Cc2ccccc2)C(=O)O)CC1.CC(C)C1CCC(C(=O)O)CC1.COC(=O)[C@@H](Cc1ccccc1)NC(=O)C1CCC(C(C)C)CC1.COC(=O)[C@H](N)Cc1ccccc1.COC(=O)[C@H](N)Cc1ccccc1.Cl.N[C@H](Cc1ccccc1)C(=O)O. The summed E-state index contributed by atoms with van der Waals surface area (Å²) in [6.45, 7) is 13.4. The van der Waals surface area contributed by atoms with Crippen LogP contribution in [0.1, 0.15) is 146 Å². The normalized spacial score (nSPS) is 19.2. The lowest BCUT2D eigenvalue weighted by atomic mass is 9.76. The van der Waals surface area contributed by atoms with E-state index in [0.717, 1.165) is 123 Å². The Labute approximate surface area is 587 Å². The first-order valence-electron chi connectivity index (χ1n) is 34.3. The van der Waals surface area contributed by atoms with Crippen LogP contribution in [-0.4, -0.2) is 114 Å². The molecule has 5 aromatic rings. The number of nitrogens with two attached hydrogens (primary N) is 3. The van der Waals surface area contributed by atoms with Crippen LogP contribution in [-0.2, 0) is 84.7 Å². The molecule has 0 unspecified atom stereocenters. The predicted octanol–water partition coefficient (Wildman–Crippen LogP) is 11.7. The third kappa shape index (κ3) is 34.0. The molecular weight excluding hydrogens is 1270 g/mol. The maximum absolute atomic E-state index is 12.6. The van der Waals surface area contributed by atoms with Crippen LogP contribution in [0.15, 0.2) is 152 Å². The molecule has 0 spiro atoms. The molecule has 3 aliphatic carbocycles. The van der Waals surface area contributed by atoms with Crippen LogP contribution >= 0.6 is 12.4 Å². The Hall–Kier alpha value is -7.97. The van der Waals surface area contributed by atoms with E-state index in [4.69, 9.17) is 32.2 Å². The van der Waals surface area contributed by atoms with E-state index in [-0.39, 0.29) is 59.9 Å². The van der Waals surface area contributed by atoms with Gasteiger partial charge in [-0.2, -0.15) is 0 Å². The van der Waals surface area contributed by atoms with E-state index < -0.39 is 48.1 Å². The number of carboxylic acid groups (broad SMARTS) is 3. The van der Waals surface area contributed by atoms with Crippen molar-refractivity contribution in [1.29, 1.82) is 0 Å². The number of methoxy groups -OCH3 is 3. The van der Waals surface area contributed by atoms with Crippen LogP contribution in [0.4, 0.5) is 0 Å². The van der Waals surface area contributed by atoms with Gasteiger partial charge in [-0.25, -0.2) is 9.59 Å². The summed E-state index contributed by atoms with van der Waals surface area (Å²) < 4.78 is 13.9. The standard InChI is InChI=1S/C20H29NO3.C19H27NO3.2C10H13NO2.C10H18O2.C9H11NO2.ClH/c1-14(2)16-9-11-17(12-10-16)19(22)21-18(20(23)24-3)13-15-7-5-4-6-8-15;1-13(2)15-8-10-16(11-9-15)18(21)20-17(19(22)23)12-14-6-4-3-5-7-14;2*1-13-10(12)9(11)7-8-5-3-2-4-6-8;1-7(2)8-3-5-9(6-4-8)10(11)12;10-8(9(11)12)6-7-4-2-1-3-5-7;/h4-8,14,16-18H,9-13H2,1-3H3,(H,21,22);3-7,13,15-17H,8-12H2,1-2H3,(H,20,21)(H,22,23);2*2-6,9H,7,11H2,1H3;7-9H,3-6H2,1-2H3,(H,11,12);1-5,8H,6,10H2,(H,11,12);1H/t16?,17?,18-;15?,16?,17-;2*9-;;8-;/m1111.1./s1. The fourth-order valence-electron chi connectivity index (χ4n) is 12.1. The number of esters is 3. The molecule has 3 saturated carbocycles. The van der Waals surface area contributed by atoms with Crippen molar-refractivity contribution in [3.05, 3.63) is 179 Å². The lowest BCUT2D eigenvalue weighted by molar-refractivity contribution is -0.146. The third-order valence-electron chi connectivity index (χ3n) is 18.4. The molecule has 5 atom stereocenters. The number of ether oxygens (including phenoxy) is 3. The van der Waals surface area contributed by atoms with E-state index in [1.807, 2.05) is 152 Å². The number of hydrogen-bond acceptors (Lipinski definition) is 14. The summed E-state index contributed by atoms with van der Waals surface area (Å²) in [5, 5.41) is 32.3. The number of rotatable bonds is 23. The van der Waals surface area contributed by atoms with E-state index in [2.05, 4.69) is 61.6 Å². The molecule has 19 nitrogen and oxygen atoms in total. The van der Waals surface area contributed by atoms with Crippen LogP contribution in [0, 0.1) is 53.3 Å². The van der Waals surface area contributed by atoms with Crippen LogP contribution in [0.25, 0.3) is 0 Å². The third-order valence-corrected chi connectivity index (χ3v) is 18.4. The topological polar surface area (TPSA) is 327 Å². The molecule has 11 N–H and O–H groups in total. The van der Waals surface area contributed by atoms with Gasteiger partial charge < -0.3 is 57.4 Å². The minimum Gasteiger partial charge on any atom is -0.481 e. The van der Waals surface area contributed by atoms with Gasteiger partial charge in [0.15, 0.2) is 0 Å². The molecular formula is C78H112ClN5O14. The lowest BCUT2D eigenvalue weighted by Gasteiger charge is -2.31. The van der Waals surface area contributed by atoms with Crippen LogP contribution in [0.3, 0.4) is 0 Å². The van der Waals surface area contributed by atoms with E-state index >= 15 is 0 Å². The van der Waals surface area contributed by atoms with Gasteiger partial charge in [0.1, 0.15) is 30.2 Å². The summed E-state index contributed by atoms with van der Waals surface area (Å²) in [5.41, 5.74) is 21.5. The summed E-state index contributed by atoms with van der Waals surface area (Å²) in [7, 11) is 4.04. The largest absolute Gasteiger partial charge is 0.481 e. The zero-order valence-electron chi connectivity index (χ0n) is 59.0. The van der Waals surface area contributed by atoms with Gasteiger partial charge in [0.25, 0.3) is 0 Å². The Morgan fingerprint density at radius 3 is 0.847 bits per heavy atom. The lowest BCUT2D eigenvalue weighted by Crippen LogP contribution is -2.46. The summed E-state index contributed by atoms with van der Waals surface area (Å²) in [5.74, 6) is 0.377. The van der Waals surface area contributed by atoms with Gasteiger partial charge in [-0.1, -0.05) is 193 Å². The maximum atomic E-state index is 12.6. The van der Waals surface area contributed by atoms with Crippen molar-refractivity contribution in [3.63, 3.8) is 0 Å². The highest BCUT2D eigenvalue weighted by Gasteiger charge is 2.33. The van der Waals surface area contributed by atoms with Crippen molar-refractivity contribution in [1.82, 2.24) is 10.6 Å². The Morgan fingerprint density at radius 2 is 0.602 bits per heavy atom. The average Bonchev–Trinajstić information content (AvgIpc) is 0.897. The molecule has 0 aromatic heterocycles. The Kier molecular flexibility index (Phi) is 42.1. The summed E-state index contributed by atoms with van der Waals surface area (Å²) in [4.78, 5) is 91.4. The van der Waals surface area contributed by atoms with Gasteiger partial charge >= 0.3 is 35.8 Å². The molecule has 98 heavy (non-hydrogen) atoms. The van der Waals surface area contributed by atoms with Crippen molar-refractivity contribution >= 4 is 60.0 Å². The van der Waals surface area contributed by atoms with Gasteiger partial charge in [-0.3, -0.25) is 28.8 Å². The van der Waals surface area contributed by atoms with Gasteiger partial charge in [0.2, 0.25) is 11.8 Å². The van der Waals surface area contributed by atoms with Gasteiger partial charge in [0.05, 0.1) is 27.2 Å². The first-order chi connectivity index (χ1) is 46.3. The molecule has 20 heteroatoms. The number of aliphatic carboxylic acids is 3. The molecule has 2 amide bonds. The first-order valence-corrected chi connectivity index (χ1v) is 34.3. The molecule has 0 heterocycles. The smallest absolute Gasteiger partial charge is 0.328 e. The quantitative estimate of drug-likeness (QED) is 0.0222. The van der Waals surface area contributed by atoms with Gasteiger partial charge in [-0.05, 0) is 160 Å². The number of carbonyl (C=O) groups is 8. The molecule has 0 saturated heterocycles. The van der Waals surface area contributed by atoms with E-state index in [9.17, 15) is 43.5 Å². The minimum absolute atomic E-state index is 0. The second-order valence-electron chi connectivity index (χ2n) is 26.5. The predicted molar refractivity (Wildman–Crippen MR) is 386 cm³/mol. The van der Waals surface area contributed by atoms with Crippen LogP contribution < -0.4 is 27.8 Å². The Morgan fingerprint density at radius 1 is 0.357 bits per heavy atom. The zero-order valence-corrected chi connectivity index (χ0v) is 59.8. The highest BCUT2D eigenvalue weighted by atomic mass is 35.5. The number of hydrogen-bond donors (Lipinski definition) is 8. The molecule has 0 bridgehead atoms. The molecule has 540 valence electrons. The number of carbonyl (C=O) groups excluding carboxylic acids is 5. The minimum atomic E-state index is -0.974. The fourth-order valence-corrected chi connectivity index (χ4v) is 12.1. The van der Waals surface area contributed by atoms with E-state index in [1.54, 1.807) is 0 Å². The molecule has 0 aliphatic heterocycles. The monoisotopic (exact) mass is 1380 g/mol. The average molecular weight is 1380 g/mol. The summed E-state index contributed by atoms with van der Waals surface area (Å²) in [6.07, 6.45) is 14.1. The Balaban J connectivity index is 0.000000410. The molecule has 3 aliphatic rings. The highest BCUT2D eigenvalue weighted by molar-refractivity contribution is 5.87. The summed E-state index contributed by atoms with van der Waals surface area (Å²) >= 11 is 0. The first kappa shape index (κ1) is 86.1. The number of halogens is 1. The van der Waals surface area contributed by atoms with Gasteiger partial charge in [0, 0.05) is 24.7 Å².